The second kappa shape index (κ2) is 11.0. The van der Waals surface area contributed by atoms with Crippen molar-refractivity contribution < 1.29 is 18.4 Å². The molecule has 0 atom stereocenters. The van der Waals surface area contributed by atoms with Crippen LogP contribution in [0.4, 0.5) is 14.5 Å². The number of carbonyl (C=O) groups is 2. The maximum atomic E-state index is 14.1. The fraction of sp³-hybridized carbons (Fsp3) is 0.200. The monoisotopic (exact) mass is 600 g/mol. The van der Waals surface area contributed by atoms with Gasteiger partial charge in [0, 0.05) is 47.4 Å². The summed E-state index contributed by atoms with van der Waals surface area (Å²) >= 11 is 0.853. The van der Waals surface area contributed by atoms with Gasteiger partial charge in [0.25, 0.3) is 18.2 Å². The summed E-state index contributed by atoms with van der Waals surface area (Å²) in [5.41, 5.74) is 9.09. The Kier molecular flexibility index (Phi) is 7.18. The zero-order chi connectivity index (χ0) is 30.4. The topological polar surface area (TPSA) is 134 Å². The van der Waals surface area contributed by atoms with Crippen molar-refractivity contribution in [1.29, 1.82) is 0 Å². The van der Waals surface area contributed by atoms with Gasteiger partial charge in [0.05, 0.1) is 34.4 Å². The Balaban J connectivity index is 1.55. The summed E-state index contributed by atoms with van der Waals surface area (Å²) in [6.07, 6.45) is 2.40. The third-order valence-corrected chi connectivity index (χ3v) is 8.24. The predicted octanol–water partition coefficient (Wildman–Crippen LogP) is 6.21. The van der Waals surface area contributed by atoms with E-state index in [0.717, 1.165) is 16.9 Å². The fourth-order valence-corrected chi connectivity index (χ4v) is 6.05. The van der Waals surface area contributed by atoms with E-state index in [1.54, 1.807) is 52.9 Å². The number of hydrogen-bond acceptors (Lipinski definition) is 7. The van der Waals surface area contributed by atoms with Gasteiger partial charge in [0.15, 0.2) is 0 Å². The maximum Gasteiger partial charge on any atom is 0.280 e. The van der Waals surface area contributed by atoms with Crippen molar-refractivity contribution in [1.82, 2.24) is 29.5 Å². The Morgan fingerprint density at radius 1 is 1.05 bits per heavy atom. The first-order valence-corrected chi connectivity index (χ1v) is 14.3. The highest BCUT2D eigenvalue weighted by Gasteiger charge is 2.27. The minimum atomic E-state index is -2.86. The van der Waals surface area contributed by atoms with E-state index in [2.05, 4.69) is 20.5 Å². The normalized spacial score (nSPS) is 11.6. The van der Waals surface area contributed by atoms with Crippen LogP contribution in [0.25, 0.3) is 43.5 Å². The van der Waals surface area contributed by atoms with E-state index in [9.17, 15) is 18.4 Å². The summed E-state index contributed by atoms with van der Waals surface area (Å²) in [7, 11) is 0. The molecule has 3 N–H and O–H groups in total. The van der Waals surface area contributed by atoms with Gasteiger partial charge >= 0.3 is 0 Å². The van der Waals surface area contributed by atoms with E-state index >= 15 is 0 Å². The zero-order valence-corrected chi connectivity index (χ0v) is 24.2. The van der Waals surface area contributed by atoms with Crippen LogP contribution in [0.2, 0.25) is 0 Å². The number of para-hydroxylation sites is 1. The molecular formula is C30H26F2N8O2S. The minimum Gasteiger partial charge on any atom is -0.365 e. The molecule has 0 bridgehead atoms. The molecule has 6 aromatic rings. The molecule has 10 nitrogen and oxygen atoms in total. The molecule has 43 heavy (non-hydrogen) atoms. The quantitative estimate of drug-likeness (QED) is 0.213. The lowest BCUT2D eigenvalue weighted by atomic mass is 10.0. The number of nitrogens with one attached hydrogen (secondary N) is 1. The number of benzene rings is 1. The number of pyridine rings is 2. The molecule has 0 aliphatic rings. The Labute approximate surface area is 248 Å². The number of halogens is 2. The summed E-state index contributed by atoms with van der Waals surface area (Å²) in [6.45, 7) is 6.87. The van der Waals surface area contributed by atoms with Crippen molar-refractivity contribution in [2.75, 3.05) is 5.32 Å². The van der Waals surface area contributed by atoms with E-state index in [0.29, 0.717) is 57.5 Å². The van der Waals surface area contributed by atoms with Crippen molar-refractivity contribution in [2.24, 2.45) is 5.73 Å². The lowest BCUT2D eigenvalue weighted by Gasteiger charge is -2.12. The molecule has 6 rings (SSSR count). The molecule has 218 valence electrons. The molecule has 0 unspecified atom stereocenters. The summed E-state index contributed by atoms with van der Waals surface area (Å²) in [5, 5.41) is 12.6. The number of anilines is 1. The lowest BCUT2D eigenvalue weighted by molar-refractivity contribution is 0.100. The third kappa shape index (κ3) is 5.01. The van der Waals surface area contributed by atoms with E-state index in [1.165, 1.54) is 6.07 Å². The summed E-state index contributed by atoms with van der Waals surface area (Å²) < 4.78 is 31.4. The lowest BCUT2D eigenvalue weighted by Crippen LogP contribution is -2.17. The highest BCUT2D eigenvalue weighted by Crippen LogP contribution is 2.43. The number of carbonyl (C=O) groups excluding carboxylic acids is 2. The Bertz CT molecular complexity index is 2050. The number of aromatic nitrogens is 6. The van der Waals surface area contributed by atoms with Gasteiger partial charge in [-0.1, -0.05) is 18.2 Å². The Hall–Kier alpha value is -5.04. The van der Waals surface area contributed by atoms with Crippen molar-refractivity contribution in [3.8, 4) is 22.4 Å². The summed E-state index contributed by atoms with van der Waals surface area (Å²) in [6, 6.07) is 10.1. The number of aryl methyl sites for hydroxylation is 3. The van der Waals surface area contributed by atoms with Gasteiger partial charge in [-0.15, -0.1) is 11.3 Å². The van der Waals surface area contributed by atoms with Crippen molar-refractivity contribution in [2.45, 2.75) is 40.3 Å². The van der Waals surface area contributed by atoms with E-state index in [1.807, 2.05) is 26.1 Å². The molecule has 0 fully saturated rings. The molecule has 0 spiro atoms. The summed E-state index contributed by atoms with van der Waals surface area (Å²) in [5.74, 6) is -1.36. The molecule has 1 aromatic carbocycles. The number of alkyl halides is 2. The molecule has 0 radical (unpaired) electrons. The molecule has 13 heteroatoms. The maximum absolute atomic E-state index is 14.1. The third-order valence-electron chi connectivity index (χ3n) is 7.14. The number of primary amides is 1. The van der Waals surface area contributed by atoms with Gasteiger partial charge < -0.3 is 11.1 Å². The Morgan fingerprint density at radius 3 is 2.49 bits per heavy atom. The predicted molar refractivity (Wildman–Crippen MR) is 161 cm³/mol. The molecular weight excluding hydrogens is 574 g/mol. The van der Waals surface area contributed by atoms with Crippen LogP contribution >= 0.6 is 11.3 Å². The first-order valence-electron chi connectivity index (χ1n) is 13.5. The summed E-state index contributed by atoms with van der Waals surface area (Å²) in [4.78, 5) is 35.7. The van der Waals surface area contributed by atoms with Crippen LogP contribution in [-0.4, -0.2) is 41.3 Å². The fourth-order valence-electron chi connectivity index (χ4n) is 5.04. The van der Waals surface area contributed by atoms with Gasteiger partial charge in [-0.2, -0.15) is 10.2 Å². The first-order chi connectivity index (χ1) is 20.7. The zero-order valence-electron chi connectivity index (χ0n) is 23.4. The molecule has 0 aliphatic carbocycles. The second-order valence-corrected chi connectivity index (χ2v) is 10.8. The molecule has 0 saturated carbocycles. The van der Waals surface area contributed by atoms with Gasteiger partial charge in [-0.05, 0) is 44.5 Å². The van der Waals surface area contributed by atoms with E-state index in [4.69, 9.17) is 10.7 Å². The van der Waals surface area contributed by atoms with Gasteiger partial charge in [-0.3, -0.25) is 19.0 Å². The molecule has 5 aromatic heterocycles. The van der Waals surface area contributed by atoms with Gasteiger partial charge in [-0.25, -0.2) is 18.7 Å². The Morgan fingerprint density at radius 2 is 1.81 bits per heavy atom. The van der Waals surface area contributed by atoms with Crippen LogP contribution in [0.5, 0.6) is 0 Å². The van der Waals surface area contributed by atoms with Crippen LogP contribution in [0.15, 0.2) is 55.0 Å². The number of nitrogens with zero attached hydrogens (tertiary/aromatic N) is 6. The molecule has 0 aliphatic heterocycles. The number of amides is 2. The van der Waals surface area contributed by atoms with Crippen molar-refractivity contribution >= 4 is 50.0 Å². The van der Waals surface area contributed by atoms with Crippen LogP contribution in [0.1, 0.15) is 51.7 Å². The van der Waals surface area contributed by atoms with Gasteiger partial charge in [0.1, 0.15) is 15.4 Å². The molecule has 2 amide bonds. The van der Waals surface area contributed by atoms with Crippen molar-refractivity contribution in [3.63, 3.8) is 0 Å². The van der Waals surface area contributed by atoms with Crippen molar-refractivity contribution in [3.05, 3.63) is 76.8 Å². The number of fused-ring (bicyclic) bond motifs is 2. The minimum absolute atomic E-state index is 0.00754. The highest BCUT2D eigenvalue weighted by molar-refractivity contribution is 7.21. The molecule has 0 saturated heterocycles. The van der Waals surface area contributed by atoms with E-state index < -0.39 is 23.9 Å². The number of rotatable bonds is 8. The smallest absolute Gasteiger partial charge is 0.280 e. The van der Waals surface area contributed by atoms with Gasteiger partial charge in [0.2, 0.25) is 0 Å². The number of thiophene rings is 1. The molecule has 5 heterocycles. The largest absolute Gasteiger partial charge is 0.365 e. The number of hydrogen-bond donors (Lipinski definition) is 2. The van der Waals surface area contributed by atoms with Crippen LogP contribution in [0, 0.1) is 6.92 Å². The standard InChI is InChI=1S/C30H26F2N8O2S/c1-4-39-13-16(12-34-39)22-11-19(17-8-6-7-9-21(17)35-22)29(42)37-25-24-18(20-14-40(5-2)38-15(20)3)10-23(27(31)32)36-30(24)43-26(25)28(33)41/h6-14,27H,4-5H2,1-3H3,(H2,33,41)(H,37,42). The SMILES string of the molecule is CCn1cc(-c2cc(C(=O)Nc3c(C(N)=O)sc4nc(C(F)F)cc(-c5cn(CC)nc5C)c34)c3ccccc3n2)cn1. The highest BCUT2D eigenvalue weighted by atomic mass is 32.1. The van der Waals surface area contributed by atoms with E-state index in [-0.39, 0.29) is 15.4 Å². The van der Waals surface area contributed by atoms with Crippen LogP contribution in [0.3, 0.4) is 0 Å². The average molecular weight is 601 g/mol. The first kappa shape index (κ1) is 28.1. The average Bonchev–Trinajstić information content (AvgIpc) is 3.73. The van der Waals surface area contributed by atoms with Crippen LogP contribution in [-0.2, 0) is 13.1 Å². The number of nitrogens with two attached hydrogens (primary N) is 1. The van der Waals surface area contributed by atoms with Crippen LogP contribution < -0.4 is 11.1 Å². The second-order valence-electron chi connectivity index (χ2n) is 9.84.